The van der Waals surface area contributed by atoms with Crippen LogP contribution in [0.25, 0.3) is 0 Å². The number of nitrogens with zero attached hydrogens (tertiary/aromatic N) is 1. The van der Waals surface area contributed by atoms with E-state index in [-0.39, 0.29) is 11.2 Å². The van der Waals surface area contributed by atoms with Crippen LogP contribution in [-0.4, -0.2) is 41.2 Å². The van der Waals surface area contributed by atoms with Crippen LogP contribution in [-0.2, 0) is 10.5 Å². The predicted octanol–water partition coefficient (Wildman–Crippen LogP) is 2.66. The van der Waals surface area contributed by atoms with Gasteiger partial charge >= 0.3 is 0 Å². The minimum atomic E-state index is 0.0141. The molecular weight excluding hydrogens is 280 g/mol. The van der Waals surface area contributed by atoms with Gasteiger partial charge in [0, 0.05) is 30.9 Å². The van der Waals surface area contributed by atoms with Gasteiger partial charge in [-0.15, -0.1) is 11.8 Å². The van der Waals surface area contributed by atoms with Crippen LogP contribution in [0.15, 0.2) is 30.3 Å². The van der Waals surface area contributed by atoms with Gasteiger partial charge in [0.1, 0.15) is 0 Å². The predicted molar refractivity (Wildman–Crippen MR) is 88.3 cm³/mol. The molecule has 114 valence electrons. The Hall–Kier alpha value is -1.00. The van der Waals surface area contributed by atoms with Crippen molar-refractivity contribution in [3.63, 3.8) is 0 Å². The van der Waals surface area contributed by atoms with Gasteiger partial charge in [-0.05, 0) is 31.7 Å². The van der Waals surface area contributed by atoms with Crippen molar-refractivity contribution in [1.29, 1.82) is 0 Å². The van der Waals surface area contributed by atoms with Gasteiger partial charge < -0.3 is 5.32 Å². The van der Waals surface area contributed by atoms with E-state index in [0.29, 0.717) is 6.04 Å². The fraction of sp³-hybridized carbons (Fsp3) is 0.588. The Morgan fingerprint density at radius 1 is 1.33 bits per heavy atom. The summed E-state index contributed by atoms with van der Waals surface area (Å²) in [6.07, 6.45) is 3.81. The maximum atomic E-state index is 12.3. The topological polar surface area (TPSA) is 32.3 Å². The number of rotatable bonds is 6. The molecule has 4 heteroatoms. The first-order valence-corrected chi connectivity index (χ1v) is 8.97. The molecule has 0 bridgehead atoms. The number of amides is 1. The SMILES string of the molecule is C[C@H](SCc1ccccc1)C(=O)N[C@H]1CCN(C2CC2)C1. The van der Waals surface area contributed by atoms with E-state index in [1.807, 2.05) is 25.1 Å². The highest BCUT2D eigenvalue weighted by Gasteiger charge is 2.35. The van der Waals surface area contributed by atoms with Crippen LogP contribution in [0.3, 0.4) is 0 Å². The highest BCUT2D eigenvalue weighted by atomic mass is 32.2. The van der Waals surface area contributed by atoms with Gasteiger partial charge in [0.15, 0.2) is 0 Å². The molecule has 0 aromatic heterocycles. The van der Waals surface area contributed by atoms with E-state index in [4.69, 9.17) is 0 Å². The van der Waals surface area contributed by atoms with Crippen LogP contribution >= 0.6 is 11.8 Å². The van der Waals surface area contributed by atoms with Gasteiger partial charge in [-0.3, -0.25) is 9.69 Å². The van der Waals surface area contributed by atoms with Gasteiger partial charge in [0.05, 0.1) is 5.25 Å². The van der Waals surface area contributed by atoms with Crippen molar-refractivity contribution in [3.8, 4) is 0 Å². The molecule has 1 aromatic carbocycles. The molecule has 2 atom stereocenters. The van der Waals surface area contributed by atoms with Crippen molar-refractivity contribution in [2.75, 3.05) is 13.1 Å². The van der Waals surface area contributed by atoms with E-state index in [0.717, 1.165) is 31.3 Å². The van der Waals surface area contributed by atoms with E-state index in [2.05, 4.69) is 22.3 Å². The van der Waals surface area contributed by atoms with E-state index in [1.54, 1.807) is 11.8 Å². The minimum Gasteiger partial charge on any atom is -0.351 e. The summed E-state index contributed by atoms with van der Waals surface area (Å²) in [5, 5.41) is 3.24. The molecular formula is C17H24N2OS. The molecule has 1 N–H and O–H groups in total. The second-order valence-corrected chi connectivity index (χ2v) is 7.49. The molecule has 2 aliphatic rings. The Kier molecular flexibility index (Phi) is 4.86. The maximum Gasteiger partial charge on any atom is 0.233 e. The zero-order valence-electron chi connectivity index (χ0n) is 12.6. The molecule has 3 nitrogen and oxygen atoms in total. The number of thioether (sulfide) groups is 1. The van der Waals surface area contributed by atoms with E-state index < -0.39 is 0 Å². The second-order valence-electron chi connectivity index (χ2n) is 6.16. The summed E-state index contributed by atoms with van der Waals surface area (Å²) in [6, 6.07) is 11.5. The molecule has 2 fully saturated rings. The van der Waals surface area contributed by atoms with Gasteiger partial charge in [-0.25, -0.2) is 0 Å². The summed E-state index contributed by atoms with van der Waals surface area (Å²) in [5.41, 5.74) is 1.28. The van der Waals surface area contributed by atoms with Crippen molar-refractivity contribution < 1.29 is 4.79 Å². The number of benzene rings is 1. The average Bonchev–Trinajstić information content (AvgIpc) is 3.26. The van der Waals surface area contributed by atoms with Crippen LogP contribution in [0, 0.1) is 0 Å². The van der Waals surface area contributed by atoms with Crippen LogP contribution in [0.2, 0.25) is 0 Å². The maximum absolute atomic E-state index is 12.3. The van der Waals surface area contributed by atoms with E-state index in [1.165, 1.54) is 18.4 Å². The van der Waals surface area contributed by atoms with Crippen LogP contribution in [0.5, 0.6) is 0 Å². The molecule has 1 aliphatic heterocycles. The zero-order valence-corrected chi connectivity index (χ0v) is 13.4. The lowest BCUT2D eigenvalue weighted by Gasteiger charge is -2.18. The third-order valence-electron chi connectivity index (χ3n) is 4.34. The summed E-state index contributed by atoms with van der Waals surface area (Å²) in [5.74, 6) is 1.09. The minimum absolute atomic E-state index is 0.0141. The third kappa shape index (κ3) is 4.24. The van der Waals surface area contributed by atoms with Crippen LogP contribution < -0.4 is 5.32 Å². The summed E-state index contributed by atoms with van der Waals surface area (Å²) in [7, 11) is 0. The molecule has 1 saturated heterocycles. The lowest BCUT2D eigenvalue weighted by Crippen LogP contribution is -2.41. The quantitative estimate of drug-likeness (QED) is 0.877. The van der Waals surface area contributed by atoms with Crippen molar-refractivity contribution in [2.45, 2.75) is 49.3 Å². The first-order chi connectivity index (χ1) is 10.2. The van der Waals surface area contributed by atoms with Gasteiger partial charge in [-0.1, -0.05) is 30.3 Å². The zero-order chi connectivity index (χ0) is 14.7. The first kappa shape index (κ1) is 14.9. The van der Waals surface area contributed by atoms with Crippen molar-refractivity contribution in [3.05, 3.63) is 35.9 Å². The fourth-order valence-electron chi connectivity index (χ4n) is 2.87. The molecule has 0 unspecified atom stereocenters. The molecule has 0 spiro atoms. The lowest BCUT2D eigenvalue weighted by atomic mass is 10.2. The Balaban J connectivity index is 1.40. The van der Waals surface area contributed by atoms with E-state index in [9.17, 15) is 4.79 Å². The van der Waals surface area contributed by atoms with Crippen LogP contribution in [0.4, 0.5) is 0 Å². The molecule has 1 amide bonds. The van der Waals surface area contributed by atoms with E-state index >= 15 is 0 Å². The highest BCUT2D eigenvalue weighted by Crippen LogP contribution is 2.30. The largest absolute Gasteiger partial charge is 0.351 e. The molecule has 1 aliphatic carbocycles. The van der Waals surface area contributed by atoms with Gasteiger partial charge in [0.25, 0.3) is 0 Å². The highest BCUT2D eigenvalue weighted by molar-refractivity contribution is 7.99. The smallest absolute Gasteiger partial charge is 0.233 e. The molecule has 21 heavy (non-hydrogen) atoms. The number of hydrogen-bond donors (Lipinski definition) is 1. The Morgan fingerprint density at radius 2 is 2.10 bits per heavy atom. The first-order valence-electron chi connectivity index (χ1n) is 7.92. The van der Waals surface area contributed by atoms with Gasteiger partial charge in [0.2, 0.25) is 5.91 Å². The van der Waals surface area contributed by atoms with Crippen molar-refractivity contribution in [2.24, 2.45) is 0 Å². The molecule has 1 aromatic rings. The number of nitrogens with one attached hydrogen (secondary N) is 1. The van der Waals surface area contributed by atoms with Crippen molar-refractivity contribution in [1.82, 2.24) is 10.2 Å². The molecule has 1 heterocycles. The molecule has 1 saturated carbocycles. The molecule has 0 radical (unpaired) electrons. The molecule has 3 rings (SSSR count). The Labute approximate surface area is 131 Å². The summed E-state index contributed by atoms with van der Waals surface area (Å²) in [4.78, 5) is 14.8. The van der Waals surface area contributed by atoms with Crippen LogP contribution in [0.1, 0.15) is 31.7 Å². The number of hydrogen-bond acceptors (Lipinski definition) is 3. The van der Waals surface area contributed by atoms with Crippen molar-refractivity contribution >= 4 is 17.7 Å². The lowest BCUT2D eigenvalue weighted by molar-refractivity contribution is -0.120. The fourth-order valence-corrected chi connectivity index (χ4v) is 3.72. The number of likely N-dealkylation sites (tertiary alicyclic amines) is 1. The summed E-state index contributed by atoms with van der Waals surface area (Å²) in [6.45, 7) is 4.21. The summed E-state index contributed by atoms with van der Waals surface area (Å²) < 4.78 is 0. The number of carbonyl (C=O) groups is 1. The Bertz CT molecular complexity index is 475. The Morgan fingerprint density at radius 3 is 2.81 bits per heavy atom. The number of carbonyl (C=O) groups excluding carboxylic acids is 1. The third-order valence-corrected chi connectivity index (χ3v) is 5.56. The second kappa shape index (κ2) is 6.84. The van der Waals surface area contributed by atoms with Gasteiger partial charge in [-0.2, -0.15) is 0 Å². The normalized spacial score (nSPS) is 24.0. The average molecular weight is 304 g/mol. The monoisotopic (exact) mass is 304 g/mol. The summed E-state index contributed by atoms with van der Waals surface area (Å²) >= 11 is 1.71. The standard InChI is InChI=1S/C17H24N2OS/c1-13(21-12-14-5-3-2-4-6-14)17(20)18-15-9-10-19(11-15)16-7-8-16/h2-6,13,15-16H,7-12H2,1H3,(H,18,20)/t13-,15-/m0/s1.